The molecule has 0 radical (unpaired) electrons. The quantitative estimate of drug-likeness (QED) is 0.0774. The molecule has 41 heavy (non-hydrogen) atoms. The number of benzene rings is 2. The molecular formula is C31H41BrN3O3S3+. The van der Waals surface area contributed by atoms with Gasteiger partial charge in [0.2, 0.25) is 5.52 Å². The molecule has 2 aromatic carbocycles. The average molecular weight is 680 g/mol. The average Bonchev–Trinajstić information content (AvgIpc) is 3.40. The molecule has 1 aromatic heterocycles. The maximum absolute atomic E-state index is 10.7. The van der Waals surface area contributed by atoms with E-state index in [9.17, 15) is 5.26 Å². The first-order valence-electron chi connectivity index (χ1n) is 14.1. The number of thiazole rings is 1. The Balaban J connectivity index is 0.00000387. The first-order chi connectivity index (χ1) is 19.1. The second-order valence-corrected chi connectivity index (χ2v) is 15.0. The molecule has 1 fully saturated rings. The maximum Gasteiger partial charge on any atom is 0.263 e. The fraction of sp³-hybridized carbons (Fsp3) is 0.452. The van der Waals surface area contributed by atoms with Gasteiger partial charge in [0.05, 0.1) is 57.6 Å². The molecule has 0 N–H and O–H groups in total. The highest BCUT2D eigenvalue weighted by molar-refractivity contribution is 8.03. The Labute approximate surface area is 267 Å². The lowest BCUT2D eigenvalue weighted by Gasteiger charge is -2.48. The molecule has 0 aliphatic carbocycles. The first-order valence-corrected chi connectivity index (χ1v) is 16.5. The van der Waals surface area contributed by atoms with Gasteiger partial charge in [-0.1, -0.05) is 30.4 Å². The van der Waals surface area contributed by atoms with Crippen molar-refractivity contribution in [3.8, 4) is 0 Å². The number of halogens is 1. The number of allylic oxidation sites excluding steroid dienone is 2. The number of thioether (sulfide) groups is 1. The zero-order valence-corrected chi connectivity index (χ0v) is 28.9. The zero-order chi connectivity index (χ0) is 28.5. The Morgan fingerprint density at radius 3 is 2.59 bits per heavy atom. The van der Waals surface area contributed by atoms with E-state index >= 15 is 0 Å². The second-order valence-electron chi connectivity index (χ2n) is 12.0. The molecule has 2 atom stereocenters. The summed E-state index contributed by atoms with van der Waals surface area (Å²) in [5.41, 5.74) is 6.48. The minimum Gasteiger partial charge on any atom is -1.00 e. The smallest absolute Gasteiger partial charge is 0.263 e. The highest BCUT2D eigenvalue weighted by Crippen LogP contribution is 2.59. The largest absolute Gasteiger partial charge is 1.00 e. The lowest BCUT2D eigenvalue weighted by atomic mass is 10.0. The van der Waals surface area contributed by atoms with Crippen LogP contribution >= 0.6 is 35.1 Å². The van der Waals surface area contributed by atoms with E-state index in [2.05, 4.69) is 100 Å². The molecule has 3 heterocycles. The van der Waals surface area contributed by atoms with Gasteiger partial charge in [-0.15, -0.1) is 0 Å². The van der Waals surface area contributed by atoms with Gasteiger partial charge in [0.1, 0.15) is 4.70 Å². The third-order valence-corrected chi connectivity index (χ3v) is 11.2. The summed E-state index contributed by atoms with van der Waals surface area (Å²) in [6.07, 6.45) is 9.06. The van der Waals surface area contributed by atoms with E-state index in [1.165, 1.54) is 60.5 Å². The van der Waals surface area contributed by atoms with Crippen LogP contribution in [-0.4, -0.2) is 44.1 Å². The van der Waals surface area contributed by atoms with Gasteiger partial charge in [0.15, 0.2) is 22.6 Å². The van der Waals surface area contributed by atoms with Crippen molar-refractivity contribution in [1.82, 2.24) is 4.48 Å². The summed E-state index contributed by atoms with van der Waals surface area (Å²) in [5.74, 6) is 0. The predicted molar refractivity (Wildman–Crippen MR) is 167 cm³/mol. The third-order valence-electron chi connectivity index (χ3n) is 7.92. The summed E-state index contributed by atoms with van der Waals surface area (Å²) in [5, 5.41) is 17.1. The van der Waals surface area contributed by atoms with Crippen molar-refractivity contribution in [3.05, 3.63) is 69.2 Å². The third kappa shape index (κ3) is 6.97. The number of rotatable bonds is 11. The molecule has 3 aromatic rings. The second kappa shape index (κ2) is 13.6. The van der Waals surface area contributed by atoms with Gasteiger partial charge in [0.25, 0.3) is 5.01 Å². The minimum atomic E-state index is 0. The van der Waals surface area contributed by atoms with E-state index < -0.39 is 0 Å². The van der Waals surface area contributed by atoms with Crippen LogP contribution in [-0.2, 0) is 15.9 Å². The van der Waals surface area contributed by atoms with Crippen LogP contribution in [0, 0.1) is 13.8 Å². The van der Waals surface area contributed by atoms with Crippen LogP contribution in [0.15, 0.2) is 58.0 Å². The van der Waals surface area contributed by atoms with Crippen LogP contribution in [0.1, 0.15) is 48.7 Å². The lowest BCUT2D eigenvalue weighted by Crippen LogP contribution is -3.00. The minimum absolute atomic E-state index is 0. The van der Waals surface area contributed by atoms with Crippen LogP contribution in [0.4, 0.5) is 5.69 Å². The van der Waals surface area contributed by atoms with E-state index in [0.29, 0.717) is 4.48 Å². The molecule has 0 amide bonds. The highest BCUT2D eigenvalue weighted by atomic mass is 79.9. The monoisotopic (exact) mass is 678 g/mol. The Morgan fingerprint density at radius 1 is 1.15 bits per heavy atom. The molecule has 10 heteroatoms. The van der Waals surface area contributed by atoms with Crippen molar-refractivity contribution < 1.29 is 40.7 Å². The molecule has 2 aliphatic rings. The van der Waals surface area contributed by atoms with Crippen molar-refractivity contribution in [2.24, 2.45) is 0 Å². The molecule has 6 nitrogen and oxygen atoms in total. The summed E-state index contributed by atoms with van der Waals surface area (Å²) in [6, 6.07) is 13.5. The van der Waals surface area contributed by atoms with E-state index in [4.69, 9.17) is 4.33 Å². The van der Waals surface area contributed by atoms with Crippen LogP contribution in [0.2, 0.25) is 0 Å². The molecule has 1 saturated heterocycles. The van der Waals surface area contributed by atoms with Crippen LogP contribution in [0.5, 0.6) is 0 Å². The molecule has 2 aliphatic heterocycles. The molecule has 0 bridgehead atoms. The Kier molecular flexibility index (Phi) is 10.9. The predicted octanol–water partition coefficient (Wildman–Crippen LogP) is 3.65. The number of unbranched alkanes of at least 4 members (excludes halogenated alkanes) is 1. The summed E-state index contributed by atoms with van der Waals surface area (Å²) < 4.78 is 10.4. The van der Waals surface area contributed by atoms with Crippen LogP contribution in [0.3, 0.4) is 0 Å². The molecule has 0 saturated carbocycles. The highest BCUT2D eigenvalue weighted by Gasteiger charge is 2.57. The van der Waals surface area contributed by atoms with Gasteiger partial charge in [-0.05, 0) is 60.9 Å². The topological polar surface area (TPSA) is 45.4 Å². The standard InChI is InChI=1S/C31H41N3O3S3.BrH/c1-7-24(20-29-32(15-8-9-16-33(4,5)6)25-18-22(2)10-12-27(25)38-29)21-31-34(17-14-30(34)40-37-36-35)26-19-23(3)11-13-28(26)39-31;/h10-13,18-21,30H,7-9,14-17H2,1-6H3;1H/q+2;/p-1. The summed E-state index contributed by atoms with van der Waals surface area (Å²) in [6.45, 7) is 9.75. The SMILES string of the molecule is CCC(=Cc1sc2ccc(C)cc2[n+]1CCCC[N+](C)(C)C)C=C1Sc2ccc(C)cc2[N+]12CCC2SOO[O-].[Br-]. The number of aromatic nitrogens is 1. The number of hydrogen-bond acceptors (Lipinski definition) is 6. The van der Waals surface area contributed by atoms with E-state index in [0.717, 1.165) is 48.9 Å². The lowest BCUT2D eigenvalue weighted by molar-refractivity contribution is -0.870. The van der Waals surface area contributed by atoms with Crippen molar-refractivity contribution in [2.45, 2.75) is 63.3 Å². The van der Waals surface area contributed by atoms with Crippen molar-refractivity contribution >= 4 is 57.1 Å². The molecular weight excluding hydrogens is 638 g/mol. The maximum atomic E-state index is 10.7. The fourth-order valence-corrected chi connectivity index (χ4v) is 9.05. The van der Waals surface area contributed by atoms with Crippen molar-refractivity contribution in [2.75, 3.05) is 34.2 Å². The number of quaternary nitrogens is 2. The van der Waals surface area contributed by atoms with E-state index in [1.807, 2.05) is 23.1 Å². The van der Waals surface area contributed by atoms with Gasteiger partial charge in [0, 0.05) is 37.1 Å². The van der Waals surface area contributed by atoms with Gasteiger partial charge in [-0.3, -0.25) is 5.04 Å². The van der Waals surface area contributed by atoms with Gasteiger partial charge in [-0.2, -0.15) is 8.90 Å². The van der Waals surface area contributed by atoms with Crippen LogP contribution in [0.25, 0.3) is 16.3 Å². The number of aryl methyl sites for hydroxylation is 3. The number of fused-ring (bicyclic) bond motifs is 3. The molecule has 222 valence electrons. The first kappa shape index (κ1) is 32.7. The summed E-state index contributed by atoms with van der Waals surface area (Å²) in [4.78, 5) is 1.28. The number of nitrogens with zero attached hydrogens (tertiary/aromatic N) is 3. The van der Waals surface area contributed by atoms with Crippen LogP contribution < -0.4 is 31.3 Å². The molecule has 2 unspecified atom stereocenters. The van der Waals surface area contributed by atoms with E-state index in [1.54, 1.807) is 0 Å². The van der Waals surface area contributed by atoms with Gasteiger partial charge in [-0.25, -0.2) is 4.48 Å². The van der Waals surface area contributed by atoms with Gasteiger partial charge < -0.3 is 26.7 Å². The van der Waals surface area contributed by atoms with E-state index in [-0.39, 0.29) is 22.4 Å². The Morgan fingerprint density at radius 2 is 1.90 bits per heavy atom. The zero-order valence-electron chi connectivity index (χ0n) is 24.8. The number of hydrogen-bond donors (Lipinski definition) is 0. The van der Waals surface area contributed by atoms with Crippen molar-refractivity contribution in [3.63, 3.8) is 0 Å². The fourth-order valence-electron chi connectivity index (χ4n) is 5.65. The summed E-state index contributed by atoms with van der Waals surface area (Å²) in [7, 11) is 6.80. The normalized spacial score (nSPS) is 21.4. The molecule has 5 rings (SSSR count). The molecule has 1 spiro atoms. The van der Waals surface area contributed by atoms with Crippen molar-refractivity contribution in [1.29, 1.82) is 0 Å². The van der Waals surface area contributed by atoms with Gasteiger partial charge >= 0.3 is 0 Å². The Hall–Kier alpha value is -1.21. The summed E-state index contributed by atoms with van der Waals surface area (Å²) >= 11 is 4.88. The Bertz CT molecular complexity index is 1450.